The van der Waals surface area contributed by atoms with Crippen molar-refractivity contribution in [2.75, 3.05) is 10.6 Å². The van der Waals surface area contributed by atoms with E-state index in [4.69, 9.17) is 0 Å². The largest absolute Gasteiger partial charge is 0.326 e. The molecule has 3 rings (SSSR count). The van der Waals surface area contributed by atoms with E-state index in [0.29, 0.717) is 27.0 Å². The summed E-state index contributed by atoms with van der Waals surface area (Å²) in [4.78, 5) is 29.6. The van der Waals surface area contributed by atoms with Crippen molar-refractivity contribution in [1.82, 2.24) is 4.98 Å². The minimum Gasteiger partial charge on any atom is -0.326 e. The number of carbonyl (C=O) groups excluding carboxylic acids is 2. The maximum atomic E-state index is 14.3. The van der Waals surface area contributed by atoms with Crippen molar-refractivity contribution in [3.63, 3.8) is 0 Å². The summed E-state index contributed by atoms with van der Waals surface area (Å²) in [5.41, 5.74) is 2.22. The van der Waals surface area contributed by atoms with Gasteiger partial charge in [0.2, 0.25) is 5.91 Å². The summed E-state index contributed by atoms with van der Waals surface area (Å²) in [6.45, 7) is 5.40. The van der Waals surface area contributed by atoms with Crippen molar-refractivity contribution in [3.05, 3.63) is 50.8 Å². The summed E-state index contributed by atoms with van der Waals surface area (Å²) in [6.07, 6.45) is 0.888. The molecular formula is C19H18FN3O2S2. The Balaban J connectivity index is 1.76. The molecule has 0 aliphatic heterocycles. The molecule has 0 aliphatic rings. The maximum Gasteiger partial charge on any atom is 0.267 e. The van der Waals surface area contributed by atoms with Gasteiger partial charge in [-0.15, -0.1) is 22.7 Å². The number of benzene rings is 1. The van der Waals surface area contributed by atoms with E-state index in [1.54, 1.807) is 17.5 Å². The van der Waals surface area contributed by atoms with Crippen LogP contribution in [-0.4, -0.2) is 16.8 Å². The van der Waals surface area contributed by atoms with E-state index in [1.807, 2.05) is 13.0 Å². The van der Waals surface area contributed by atoms with Gasteiger partial charge in [0.25, 0.3) is 5.91 Å². The van der Waals surface area contributed by atoms with Crippen LogP contribution in [-0.2, 0) is 11.2 Å². The van der Waals surface area contributed by atoms with Crippen LogP contribution in [0.15, 0.2) is 29.6 Å². The zero-order chi connectivity index (χ0) is 19.6. The van der Waals surface area contributed by atoms with Gasteiger partial charge in [-0.05, 0) is 43.2 Å². The van der Waals surface area contributed by atoms with E-state index in [9.17, 15) is 14.0 Å². The third kappa shape index (κ3) is 4.40. The highest BCUT2D eigenvalue weighted by molar-refractivity contribution is 7.15. The summed E-state index contributed by atoms with van der Waals surface area (Å²) in [5.74, 6) is -0.980. The van der Waals surface area contributed by atoms with Crippen LogP contribution in [0.4, 0.5) is 15.2 Å². The number of thiophene rings is 1. The first-order chi connectivity index (χ1) is 12.9. The van der Waals surface area contributed by atoms with Gasteiger partial charge < -0.3 is 5.32 Å². The van der Waals surface area contributed by atoms with Gasteiger partial charge in [0.15, 0.2) is 5.13 Å². The number of carbonyl (C=O) groups is 2. The number of aromatic nitrogens is 1. The van der Waals surface area contributed by atoms with Crippen molar-refractivity contribution in [1.29, 1.82) is 0 Å². The molecular weight excluding hydrogens is 385 g/mol. The van der Waals surface area contributed by atoms with Crippen LogP contribution in [0, 0.1) is 12.7 Å². The number of amides is 2. The predicted octanol–water partition coefficient (Wildman–Crippen LogP) is 5.09. The first-order valence-electron chi connectivity index (χ1n) is 8.31. The molecule has 0 radical (unpaired) electrons. The van der Waals surface area contributed by atoms with Crippen LogP contribution in [0.3, 0.4) is 0 Å². The Bertz CT molecular complexity index is 1010. The topological polar surface area (TPSA) is 71.1 Å². The van der Waals surface area contributed by atoms with Crippen molar-refractivity contribution < 1.29 is 14.0 Å². The van der Waals surface area contributed by atoms with Crippen LogP contribution < -0.4 is 10.6 Å². The number of thiazole rings is 1. The number of hydrogen-bond donors (Lipinski definition) is 2. The summed E-state index contributed by atoms with van der Waals surface area (Å²) in [5, 5.41) is 7.39. The van der Waals surface area contributed by atoms with Gasteiger partial charge in [-0.25, -0.2) is 9.37 Å². The number of hydrogen-bond acceptors (Lipinski definition) is 5. The van der Waals surface area contributed by atoms with Gasteiger partial charge >= 0.3 is 0 Å². The lowest BCUT2D eigenvalue weighted by Gasteiger charge is -2.05. The van der Waals surface area contributed by atoms with Gasteiger partial charge in [-0.3, -0.25) is 14.9 Å². The predicted molar refractivity (Wildman–Crippen MR) is 108 cm³/mol. The van der Waals surface area contributed by atoms with E-state index in [0.717, 1.165) is 12.0 Å². The van der Waals surface area contributed by atoms with E-state index in [2.05, 4.69) is 22.5 Å². The quantitative estimate of drug-likeness (QED) is 0.623. The van der Waals surface area contributed by atoms with Gasteiger partial charge in [0, 0.05) is 28.4 Å². The molecule has 0 aliphatic carbocycles. The molecule has 3 aromatic rings. The average Bonchev–Trinajstić information content (AvgIpc) is 3.21. The Kier molecular flexibility index (Phi) is 5.67. The average molecular weight is 404 g/mol. The van der Waals surface area contributed by atoms with Crippen LogP contribution in [0.2, 0.25) is 0 Å². The lowest BCUT2D eigenvalue weighted by atomic mass is 10.1. The molecule has 1 aromatic carbocycles. The highest BCUT2D eigenvalue weighted by Crippen LogP contribution is 2.29. The summed E-state index contributed by atoms with van der Waals surface area (Å²) in [7, 11) is 0. The monoisotopic (exact) mass is 403 g/mol. The number of halogens is 1. The van der Waals surface area contributed by atoms with E-state index in [-0.39, 0.29) is 11.8 Å². The fourth-order valence-electron chi connectivity index (χ4n) is 2.60. The first kappa shape index (κ1) is 19.2. The highest BCUT2D eigenvalue weighted by Gasteiger charge is 2.15. The van der Waals surface area contributed by atoms with Gasteiger partial charge in [-0.2, -0.15) is 0 Å². The second kappa shape index (κ2) is 7.98. The normalized spacial score (nSPS) is 10.7. The third-order valence-electron chi connectivity index (χ3n) is 3.86. The molecule has 0 fully saturated rings. The third-order valence-corrected chi connectivity index (χ3v) is 5.99. The van der Waals surface area contributed by atoms with Crippen LogP contribution in [0.5, 0.6) is 0 Å². The molecule has 140 valence electrons. The second-order valence-corrected chi connectivity index (χ2v) is 7.93. The Labute approximate surface area is 164 Å². The first-order valence-corrected chi connectivity index (χ1v) is 10.0. The number of anilines is 2. The van der Waals surface area contributed by atoms with Gasteiger partial charge in [-0.1, -0.05) is 6.92 Å². The molecule has 27 heavy (non-hydrogen) atoms. The van der Waals surface area contributed by atoms with Gasteiger partial charge in [0.1, 0.15) is 5.82 Å². The minimum atomic E-state index is -0.495. The molecule has 2 aromatic heterocycles. The van der Waals surface area contributed by atoms with Crippen molar-refractivity contribution in [2.24, 2.45) is 0 Å². The van der Waals surface area contributed by atoms with Gasteiger partial charge in [0.05, 0.1) is 10.6 Å². The molecule has 8 heteroatoms. The van der Waals surface area contributed by atoms with E-state index >= 15 is 0 Å². The molecule has 2 N–H and O–H groups in total. The Morgan fingerprint density at radius 1 is 1.22 bits per heavy atom. The molecule has 2 heterocycles. The summed E-state index contributed by atoms with van der Waals surface area (Å²) < 4.78 is 14.3. The van der Waals surface area contributed by atoms with Crippen molar-refractivity contribution in [2.45, 2.75) is 27.2 Å². The maximum absolute atomic E-state index is 14.3. The van der Waals surface area contributed by atoms with Crippen molar-refractivity contribution in [3.8, 4) is 11.3 Å². The van der Waals surface area contributed by atoms with Crippen LogP contribution in [0.1, 0.15) is 34.0 Å². The molecule has 0 saturated carbocycles. The molecule has 0 unspecified atom stereocenters. The Morgan fingerprint density at radius 2 is 2.00 bits per heavy atom. The molecule has 0 saturated heterocycles. The van der Waals surface area contributed by atoms with E-state index in [1.165, 1.54) is 40.5 Å². The smallest absolute Gasteiger partial charge is 0.267 e. The Morgan fingerprint density at radius 3 is 2.63 bits per heavy atom. The fraction of sp³-hybridized carbons (Fsp3) is 0.211. The molecule has 5 nitrogen and oxygen atoms in total. The SMILES string of the molecule is CCc1sc(C(=O)Nc2nc(-c3ccc(NC(C)=O)cc3F)cs2)cc1C. The second-order valence-electron chi connectivity index (χ2n) is 5.94. The minimum absolute atomic E-state index is 0.217. The summed E-state index contributed by atoms with van der Waals surface area (Å²) >= 11 is 2.70. The lowest BCUT2D eigenvalue weighted by molar-refractivity contribution is -0.114. The lowest BCUT2D eigenvalue weighted by Crippen LogP contribution is -2.09. The van der Waals surface area contributed by atoms with Crippen LogP contribution >= 0.6 is 22.7 Å². The number of aryl methyl sites for hydroxylation is 2. The zero-order valence-electron chi connectivity index (χ0n) is 15.1. The van der Waals surface area contributed by atoms with E-state index < -0.39 is 5.82 Å². The van der Waals surface area contributed by atoms with Crippen LogP contribution in [0.25, 0.3) is 11.3 Å². The number of nitrogens with one attached hydrogen (secondary N) is 2. The zero-order valence-corrected chi connectivity index (χ0v) is 16.7. The number of rotatable bonds is 5. The molecule has 0 spiro atoms. The van der Waals surface area contributed by atoms with Crippen molar-refractivity contribution >= 4 is 45.3 Å². The standard InChI is InChI=1S/C19H18FN3O2S2/c1-4-16-10(2)7-17(27-16)18(25)23-19-22-15(9-26-19)13-6-5-12(8-14(13)20)21-11(3)24/h5-9H,4H2,1-3H3,(H,21,24)(H,22,23,25). The molecule has 0 atom stereocenters. The molecule has 2 amide bonds. The fourth-order valence-corrected chi connectivity index (χ4v) is 4.31. The Hall–Kier alpha value is -2.58. The summed E-state index contributed by atoms with van der Waals surface area (Å²) in [6, 6.07) is 6.28. The molecule has 0 bridgehead atoms. The number of nitrogens with zero attached hydrogens (tertiary/aromatic N) is 1. The highest BCUT2D eigenvalue weighted by atomic mass is 32.1.